The number of nitrogens with zero attached hydrogens (tertiary/aromatic N) is 2. The van der Waals surface area contributed by atoms with Crippen LogP contribution in [0.2, 0.25) is 0 Å². The molecule has 0 saturated heterocycles. The van der Waals surface area contributed by atoms with E-state index in [-0.39, 0.29) is 0 Å². The summed E-state index contributed by atoms with van der Waals surface area (Å²) in [5.74, 6) is 1.71. The predicted octanol–water partition coefficient (Wildman–Crippen LogP) is 2.56. The van der Waals surface area contributed by atoms with Gasteiger partial charge in [-0.2, -0.15) is 13.2 Å². The summed E-state index contributed by atoms with van der Waals surface area (Å²) in [5, 5.41) is 9.59. The van der Waals surface area contributed by atoms with Gasteiger partial charge in [-0.05, 0) is 30.4 Å². The summed E-state index contributed by atoms with van der Waals surface area (Å²) in [6.45, 7) is 2.89. The molecule has 0 bridgehead atoms. The highest BCUT2D eigenvalue weighted by atomic mass is 19.4. The molecule has 1 aromatic heterocycles. The van der Waals surface area contributed by atoms with Gasteiger partial charge in [-0.25, -0.2) is 0 Å². The molecule has 2 rings (SSSR count). The molecule has 0 radical (unpaired) electrons. The summed E-state index contributed by atoms with van der Waals surface area (Å²) in [5.41, 5.74) is -0.960. The van der Waals surface area contributed by atoms with E-state index >= 15 is 0 Å². The lowest BCUT2D eigenvalue weighted by atomic mass is 10.3. The van der Waals surface area contributed by atoms with Crippen LogP contribution < -0.4 is 5.32 Å². The number of rotatable bonds is 3. The highest BCUT2D eigenvalue weighted by Gasteiger charge is 2.33. The third kappa shape index (κ3) is 2.62. The van der Waals surface area contributed by atoms with Crippen molar-refractivity contribution >= 4 is 5.82 Å². The molecule has 1 aromatic rings. The first-order valence-electron chi connectivity index (χ1n) is 5.11. The summed E-state index contributed by atoms with van der Waals surface area (Å²) in [6, 6.07) is 2.24. The van der Waals surface area contributed by atoms with Gasteiger partial charge in [0.2, 0.25) is 0 Å². The van der Waals surface area contributed by atoms with Crippen molar-refractivity contribution in [1.29, 1.82) is 0 Å². The van der Waals surface area contributed by atoms with Crippen LogP contribution in [0.5, 0.6) is 0 Å². The number of aromatic nitrogens is 2. The molecule has 6 heteroatoms. The molecule has 2 unspecified atom stereocenters. The minimum absolute atomic E-state index is 0.395. The topological polar surface area (TPSA) is 37.8 Å². The van der Waals surface area contributed by atoms with Crippen molar-refractivity contribution in [3.05, 3.63) is 17.8 Å². The van der Waals surface area contributed by atoms with E-state index in [1.54, 1.807) is 0 Å². The molecule has 2 atom stereocenters. The highest BCUT2D eigenvalue weighted by molar-refractivity contribution is 5.33. The van der Waals surface area contributed by atoms with Crippen molar-refractivity contribution in [2.45, 2.75) is 19.5 Å². The Morgan fingerprint density at radius 1 is 1.38 bits per heavy atom. The Balaban J connectivity index is 1.91. The average molecular weight is 231 g/mol. The molecule has 1 heterocycles. The lowest BCUT2D eigenvalue weighted by molar-refractivity contribution is -0.141. The Morgan fingerprint density at radius 2 is 2.06 bits per heavy atom. The number of hydrogen-bond acceptors (Lipinski definition) is 3. The van der Waals surface area contributed by atoms with Gasteiger partial charge in [-0.3, -0.25) is 0 Å². The Kier molecular flexibility index (Phi) is 2.73. The molecule has 1 saturated carbocycles. The van der Waals surface area contributed by atoms with Crippen LogP contribution in [0.1, 0.15) is 19.0 Å². The molecule has 88 valence electrons. The molecule has 0 aromatic carbocycles. The SMILES string of the molecule is CC1CC1CNc1ccc(C(F)(F)F)nn1. The largest absolute Gasteiger partial charge is 0.435 e. The monoisotopic (exact) mass is 231 g/mol. The highest BCUT2D eigenvalue weighted by Crippen LogP contribution is 2.37. The maximum Gasteiger partial charge on any atom is 0.435 e. The maximum atomic E-state index is 12.2. The van der Waals surface area contributed by atoms with Gasteiger partial charge in [0.05, 0.1) is 0 Å². The van der Waals surface area contributed by atoms with Gasteiger partial charge in [0.25, 0.3) is 0 Å². The maximum absolute atomic E-state index is 12.2. The molecule has 1 aliphatic carbocycles. The zero-order valence-electron chi connectivity index (χ0n) is 8.75. The van der Waals surface area contributed by atoms with E-state index in [0.29, 0.717) is 17.7 Å². The lowest BCUT2D eigenvalue weighted by Crippen LogP contribution is -2.11. The standard InChI is InChI=1S/C10H12F3N3/c1-6-4-7(6)5-14-9-3-2-8(15-16-9)10(11,12)13/h2-3,6-7H,4-5H2,1H3,(H,14,16). The normalized spacial score (nSPS) is 24.2. The van der Waals surface area contributed by atoms with Gasteiger partial charge in [0.15, 0.2) is 5.69 Å². The minimum atomic E-state index is -4.42. The molecule has 3 nitrogen and oxygen atoms in total. The van der Waals surface area contributed by atoms with Crippen molar-refractivity contribution in [2.24, 2.45) is 11.8 Å². The fourth-order valence-corrected chi connectivity index (χ4v) is 1.50. The van der Waals surface area contributed by atoms with Crippen molar-refractivity contribution in [1.82, 2.24) is 10.2 Å². The van der Waals surface area contributed by atoms with Crippen LogP contribution in [-0.2, 0) is 6.18 Å². The van der Waals surface area contributed by atoms with Crippen LogP contribution in [0.4, 0.5) is 19.0 Å². The van der Waals surface area contributed by atoms with Crippen molar-refractivity contribution in [3.63, 3.8) is 0 Å². The van der Waals surface area contributed by atoms with Gasteiger partial charge in [-0.15, -0.1) is 10.2 Å². The zero-order valence-corrected chi connectivity index (χ0v) is 8.75. The lowest BCUT2D eigenvalue weighted by Gasteiger charge is -2.06. The van der Waals surface area contributed by atoms with E-state index in [1.165, 1.54) is 12.5 Å². The summed E-state index contributed by atoms with van der Waals surface area (Å²) in [4.78, 5) is 0. The third-order valence-electron chi connectivity index (χ3n) is 2.78. The molecular formula is C10H12F3N3. The molecule has 1 N–H and O–H groups in total. The molecule has 0 amide bonds. The van der Waals surface area contributed by atoms with E-state index in [9.17, 15) is 13.2 Å². The predicted molar refractivity (Wildman–Crippen MR) is 52.8 cm³/mol. The average Bonchev–Trinajstić information content (AvgIpc) is 2.91. The Hall–Kier alpha value is -1.33. The van der Waals surface area contributed by atoms with Crippen LogP contribution in [0, 0.1) is 11.8 Å². The smallest absolute Gasteiger partial charge is 0.368 e. The third-order valence-corrected chi connectivity index (χ3v) is 2.78. The van der Waals surface area contributed by atoms with E-state index in [2.05, 4.69) is 22.4 Å². The van der Waals surface area contributed by atoms with Gasteiger partial charge < -0.3 is 5.32 Å². The quantitative estimate of drug-likeness (QED) is 0.868. The zero-order chi connectivity index (χ0) is 11.8. The van der Waals surface area contributed by atoms with Gasteiger partial charge in [0.1, 0.15) is 5.82 Å². The Labute approximate surface area is 91.1 Å². The van der Waals surface area contributed by atoms with E-state index < -0.39 is 11.9 Å². The fourth-order valence-electron chi connectivity index (χ4n) is 1.50. The summed E-state index contributed by atoms with van der Waals surface area (Å²) >= 11 is 0. The number of hydrogen-bond donors (Lipinski definition) is 1. The fraction of sp³-hybridized carbons (Fsp3) is 0.600. The first-order valence-corrected chi connectivity index (χ1v) is 5.11. The van der Waals surface area contributed by atoms with Crippen molar-refractivity contribution < 1.29 is 13.2 Å². The second-order valence-corrected chi connectivity index (χ2v) is 4.16. The van der Waals surface area contributed by atoms with Crippen LogP contribution in [0.3, 0.4) is 0 Å². The summed E-state index contributed by atoms with van der Waals surface area (Å²) in [6.07, 6.45) is -3.25. The Bertz CT molecular complexity index is 361. The molecule has 0 aliphatic heterocycles. The Morgan fingerprint density at radius 3 is 2.50 bits per heavy atom. The van der Waals surface area contributed by atoms with Gasteiger partial charge in [-0.1, -0.05) is 6.92 Å². The second kappa shape index (κ2) is 3.92. The second-order valence-electron chi connectivity index (χ2n) is 4.16. The molecule has 1 fully saturated rings. The van der Waals surface area contributed by atoms with Crippen molar-refractivity contribution in [3.8, 4) is 0 Å². The van der Waals surface area contributed by atoms with Crippen LogP contribution in [0.25, 0.3) is 0 Å². The molecule has 0 spiro atoms. The molecule has 16 heavy (non-hydrogen) atoms. The van der Waals surface area contributed by atoms with E-state index in [1.807, 2.05) is 0 Å². The van der Waals surface area contributed by atoms with Gasteiger partial charge >= 0.3 is 6.18 Å². The number of halogens is 3. The van der Waals surface area contributed by atoms with Crippen LogP contribution in [0.15, 0.2) is 12.1 Å². The summed E-state index contributed by atoms with van der Waals surface area (Å²) in [7, 11) is 0. The van der Waals surface area contributed by atoms with Crippen LogP contribution >= 0.6 is 0 Å². The van der Waals surface area contributed by atoms with Gasteiger partial charge in [0, 0.05) is 6.54 Å². The van der Waals surface area contributed by atoms with E-state index in [0.717, 1.165) is 12.6 Å². The number of nitrogens with one attached hydrogen (secondary N) is 1. The number of alkyl halides is 3. The molecular weight excluding hydrogens is 219 g/mol. The first-order chi connectivity index (χ1) is 7.47. The van der Waals surface area contributed by atoms with Crippen molar-refractivity contribution in [2.75, 3.05) is 11.9 Å². The molecule has 1 aliphatic rings. The van der Waals surface area contributed by atoms with Crippen LogP contribution in [-0.4, -0.2) is 16.7 Å². The number of anilines is 1. The van der Waals surface area contributed by atoms with E-state index in [4.69, 9.17) is 0 Å². The minimum Gasteiger partial charge on any atom is -0.368 e. The first kappa shape index (κ1) is 11.2. The summed E-state index contributed by atoms with van der Waals surface area (Å²) < 4.78 is 36.5.